The predicted octanol–water partition coefficient (Wildman–Crippen LogP) is 4.07. The van der Waals surface area contributed by atoms with Crippen LogP contribution in [-0.4, -0.2) is 25.3 Å². The highest BCUT2D eigenvalue weighted by Crippen LogP contribution is 2.49. The van der Waals surface area contributed by atoms with Crippen molar-refractivity contribution < 1.29 is 4.74 Å². The van der Waals surface area contributed by atoms with Gasteiger partial charge in [0, 0.05) is 29.6 Å². The van der Waals surface area contributed by atoms with Gasteiger partial charge in [0.15, 0.2) is 0 Å². The van der Waals surface area contributed by atoms with Gasteiger partial charge in [0.2, 0.25) is 0 Å². The third-order valence-electron chi connectivity index (χ3n) is 4.88. The Hall–Kier alpha value is -0.570. The molecule has 1 aromatic rings. The highest BCUT2D eigenvalue weighted by atomic mass is 35.5. The second kappa shape index (κ2) is 6.28. The quantitative estimate of drug-likeness (QED) is 0.855. The number of benzene rings is 1. The van der Waals surface area contributed by atoms with Crippen molar-refractivity contribution in [2.45, 2.75) is 51.7 Å². The first-order valence-electron chi connectivity index (χ1n) is 8.18. The average molecular weight is 308 g/mol. The van der Waals surface area contributed by atoms with Gasteiger partial charge in [-0.25, -0.2) is 0 Å². The van der Waals surface area contributed by atoms with Gasteiger partial charge in [-0.3, -0.25) is 0 Å². The molecule has 21 heavy (non-hydrogen) atoms. The molecule has 1 saturated carbocycles. The summed E-state index contributed by atoms with van der Waals surface area (Å²) in [6, 6.07) is 8.86. The number of ether oxygens (including phenoxy) is 1. The molecular formula is C18H26ClNO. The molecule has 0 spiro atoms. The van der Waals surface area contributed by atoms with E-state index in [1.807, 2.05) is 12.1 Å². The van der Waals surface area contributed by atoms with Gasteiger partial charge >= 0.3 is 0 Å². The van der Waals surface area contributed by atoms with E-state index in [0.717, 1.165) is 36.9 Å². The van der Waals surface area contributed by atoms with Gasteiger partial charge in [-0.15, -0.1) is 0 Å². The summed E-state index contributed by atoms with van der Waals surface area (Å²) in [4.78, 5) is 0. The highest BCUT2D eigenvalue weighted by Gasteiger charge is 2.50. The fourth-order valence-electron chi connectivity index (χ4n) is 3.60. The lowest BCUT2D eigenvalue weighted by Crippen LogP contribution is -2.45. The van der Waals surface area contributed by atoms with Crippen molar-refractivity contribution in [2.24, 2.45) is 11.3 Å². The van der Waals surface area contributed by atoms with E-state index >= 15 is 0 Å². The summed E-state index contributed by atoms with van der Waals surface area (Å²) in [5.41, 5.74) is 1.63. The molecule has 1 aliphatic heterocycles. The lowest BCUT2D eigenvalue weighted by atomic mass is 9.74. The Kier molecular flexibility index (Phi) is 4.58. The first-order chi connectivity index (χ1) is 10.1. The minimum atomic E-state index is 0.249. The molecule has 2 unspecified atom stereocenters. The molecule has 2 fully saturated rings. The maximum absolute atomic E-state index is 6.16. The Labute approximate surface area is 133 Å². The van der Waals surface area contributed by atoms with Crippen LogP contribution in [0.2, 0.25) is 5.02 Å². The number of nitrogens with one attached hydrogen (secondary N) is 1. The number of hydrogen-bond donors (Lipinski definition) is 1. The first-order valence-corrected chi connectivity index (χ1v) is 8.56. The van der Waals surface area contributed by atoms with Gasteiger partial charge < -0.3 is 10.1 Å². The summed E-state index contributed by atoms with van der Waals surface area (Å²) in [6.07, 6.45) is 5.37. The van der Waals surface area contributed by atoms with E-state index in [-0.39, 0.29) is 5.41 Å². The summed E-state index contributed by atoms with van der Waals surface area (Å²) in [6.45, 7) is 6.40. The monoisotopic (exact) mass is 307 g/mol. The van der Waals surface area contributed by atoms with Crippen LogP contribution in [0.5, 0.6) is 0 Å². The summed E-state index contributed by atoms with van der Waals surface area (Å²) in [5.74, 6) is 0.786. The van der Waals surface area contributed by atoms with E-state index in [1.54, 1.807) is 0 Å². The average Bonchev–Trinajstić information content (AvgIpc) is 3.21. The lowest BCUT2D eigenvalue weighted by Gasteiger charge is -2.35. The number of hydrogen-bond acceptors (Lipinski definition) is 2. The van der Waals surface area contributed by atoms with E-state index in [4.69, 9.17) is 16.3 Å². The molecule has 0 amide bonds. The van der Waals surface area contributed by atoms with Crippen LogP contribution < -0.4 is 5.32 Å². The maximum Gasteiger partial charge on any atom is 0.0675 e. The van der Waals surface area contributed by atoms with Crippen molar-refractivity contribution in [3.63, 3.8) is 0 Å². The fourth-order valence-corrected chi connectivity index (χ4v) is 3.73. The summed E-state index contributed by atoms with van der Waals surface area (Å²) >= 11 is 6.02. The molecule has 1 N–H and O–H groups in total. The van der Waals surface area contributed by atoms with E-state index in [2.05, 4.69) is 31.3 Å². The van der Waals surface area contributed by atoms with Gasteiger partial charge in [0.25, 0.3) is 0 Å². The van der Waals surface area contributed by atoms with E-state index in [9.17, 15) is 0 Å². The molecule has 0 aromatic heterocycles. The van der Waals surface area contributed by atoms with E-state index < -0.39 is 0 Å². The zero-order chi connectivity index (χ0) is 14.9. The topological polar surface area (TPSA) is 21.3 Å². The first kappa shape index (κ1) is 15.3. The Bertz CT molecular complexity index is 469. The van der Waals surface area contributed by atoms with Crippen molar-refractivity contribution in [3.05, 3.63) is 34.9 Å². The van der Waals surface area contributed by atoms with Crippen LogP contribution >= 0.6 is 11.6 Å². The molecule has 1 saturated heterocycles. The Morgan fingerprint density at radius 1 is 1.29 bits per heavy atom. The maximum atomic E-state index is 6.16. The summed E-state index contributed by atoms with van der Waals surface area (Å²) in [7, 11) is 0. The Balaban J connectivity index is 1.79. The van der Waals surface area contributed by atoms with Crippen molar-refractivity contribution in [3.8, 4) is 0 Å². The van der Waals surface area contributed by atoms with Gasteiger partial charge in [-0.1, -0.05) is 37.6 Å². The molecule has 2 atom stereocenters. The van der Waals surface area contributed by atoms with Crippen molar-refractivity contribution in [2.75, 3.05) is 13.2 Å². The largest absolute Gasteiger partial charge is 0.377 e. The lowest BCUT2D eigenvalue weighted by molar-refractivity contribution is 0.0298. The van der Waals surface area contributed by atoms with Gasteiger partial charge in [-0.2, -0.15) is 0 Å². The van der Waals surface area contributed by atoms with Gasteiger partial charge in [-0.05, 0) is 49.3 Å². The zero-order valence-electron chi connectivity index (χ0n) is 13.1. The molecule has 1 heterocycles. The molecule has 1 aromatic carbocycles. The van der Waals surface area contributed by atoms with E-state index in [0.29, 0.717) is 12.1 Å². The molecule has 3 heteroatoms. The van der Waals surface area contributed by atoms with Crippen LogP contribution in [0.3, 0.4) is 0 Å². The number of halogens is 1. The molecule has 2 aliphatic rings. The molecule has 0 bridgehead atoms. The standard InChI is InChI=1S/C18H26ClNO/c1-13(2)20-12-18(9-10-21-17(18)15-5-6-15)11-14-3-7-16(19)8-4-14/h3-4,7-8,13,15,17,20H,5-6,9-12H2,1-2H3. The minimum absolute atomic E-state index is 0.249. The van der Waals surface area contributed by atoms with Crippen molar-refractivity contribution in [1.82, 2.24) is 5.32 Å². The third-order valence-corrected chi connectivity index (χ3v) is 5.13. The highest BCUT2D eigenvalue weighted by molar-refractivity contribution is 6.30. The van der Waals surface area contributed by atoms with Crippen molar-refractivity contribution >= 4 is 11.6 Å². The SMILES string of the molecule is CC(C)NCC1(Cc2ccc(Cl)cc2)CCOC1C1CC1. The molecular weight excluding hydrogens is 282 g/mol. The summed E-state index contributed by atoms with van der Waals surface area (Å²) in [5, 5.41) is 4.48. The fraction of sp³-hybridized carbons (Fsp3) is 0.667. The second-order valence-corrected chi connectivity index (χ2v) is 7.52. The van der Waals surface area contributed by atoms with Crippen LogP contribution in [0.15, 0.2) is 24.3 Å². The van der Waals surface area contributed by atoms with Crippen LogP contribution in [0.25, 0.3) is 0 Å². The molecule has 3 rings (SSSR count). The second-order valence-electron chi connectivity index (χ2n) is 7.08. The van der Waals surface area contributed by atoms with E-state index in [1.165, 1.54) is 18.4 Å². The minimum Gasteiger partial charge on any atom is -0.377 e. The van der Waals surface area contributed by atoms with Crippen LogP contribution in [0, 0.1) is 11.3 Å². The molecule has 0 radical (unpaired) electrons. The smallest absolute Gasteiger partial charge is 0.0675 e. The molecule has 116 valence electrons. The predicted molar refractivity (Wildman–Crippen MR) is 87.8 cm³/mol. The Morgan fingerprint density at radius 2 is 2.00 bits per heavy atom. The van der Waals surface area contributed by atoms with Crippen molar-refractivity contribution in [1.29, 1.82) is 0 Å². The molecule has 2 nitrogen and oxygen atoms in total. The summed E-state index contributed by atoms with van der Waals surface area (Å²) < 4.78 is 6.16. The van der Waals surface area contributed by atoms with Gasteiger partial charge in [0.1, 0.15) is 0 Å². The van der Waals surface area contributed by atoms with Gasteiger partial charge in [0.05, 0.1) is 6.10 Å². The third kappa shape index (κ3) is 3.61. The zero-order valence-corrected chi connectivity index (χ0v) is 13.8. The number of rotatable bonds is 6. The normalized spacial score (nSPS) is 29.2. The van der Waals surface area contributed by atoms with Crippen LogP contribution in [-0.2, 0) is 11.2 Å². The Morgan fingerprint density at radius 3 is 2.62 bits per heavy atom. The molecule has 1 aliphatic carbocycles. The van der Waals surface area contributed by atoms with Crippen LogP contribution in [0.1, 0.15) is 38.7 Å². The van der Waals surface area contributed by atoms with Crippen LogP contribution in [0.4, 0.5) is 0 Å².